The molecule has 4 nitrogen and oxygen atoms in total. The fraction of sp³-hybridized carbons (Fsp3) is 0.636. The molecule has 0 saturated heterocycles. The Labute approximate surface area is 99.7 Å². The van der Waals surface area contributed by atoms with E-state index in [1.165, 1.54) is 11.3 Å². The number of aliphatic hydroxyl groups excluding tert-OH is 1. The van der Waals surface area contributed by atoms with Crippen molar-refractivity contribution in [1.29, 1.82) is 0 Å². The Morgan fingerprint density at radius 1 is 1.50 bits per heavy atom. The summed E-state index contributed by atoms with van der Waals surface area (Å²) in [6.45, 7) is 7.58. The van der Waals surface area contributed by atoms with Crippen molar-refractivity contribution in [1.82, 2.24) is 10.3 Å². The first kappa shape index (κ1) is 13.1. The lowest BCUT2D eigenvalue weighted by atomic mass is 10.1. The maximum atomic E-state index is 11.9. The molecule has 0 spiro atoms. The highest BCUT2D eigenvalue weighted by Crippen LogP contribution is 2.17. The van der Waals surface area contributed by atoms with E-state index in [0.717, 1.165) is 10.7 Å². The van der Waals surface area contributed by atoms with Crippen LogP contribution in [0.4, 0.5) is 0 Å². The molecule has 0 aromatic carbocycles. The van der Waals surface area contributed by atoms with Gasteiger partial charge in [-0.3, -0.25) is 4.79 Å². The first-order valence-corrected chi connectivity index (χ1v) is 6.13. The van der Waals surface area contributed by atoms with Crippen molar-refractivity contribution >= 4 is 17.2 Å². The van der Waals surface area contributed by atoms with Gasteiger partial charge in [-0.15, -0.1) is 11.3 Å². The highest BCUT2D eigenvalue weighted by molar-refractivity contribution is 7.13. The number of rotatable bonds is 4. The van der Waals surface area contributed by atoms with Gasteiger partial charge in [0, 0.05) is 0 Å². The lowest BCUT2D eigenvalue weighted by Gasteiger charge is -2.19. The van der Waals surface area contributed by atoms with Gasteiger partial charge in [-0.25, -0.2) is 4.98 Å². The van der Waals surface area contributed by atoms with Gasteiger partial charge >= 0.3 is 0 Å². The first-order chi connectivity index (χ1) is 7.45. The predicted molar refractivity (Wildman–Crippen MR) is 64.8 cm³/mol. The van der Waals surface area contributed by atoms with Crippen LogP contribution in [0.1, 0.15) is 34.2 Å². The number of thiazole rings is 1. The molecule has 0 bridgehead atoms. The number of aryl methyl sites for hydroxylation is 2. The number of carbonyl (C=O) groups excluding carboxylic acids is 1. The quantitative estimate of drug-likeness (QED) is 0.841. The van der Waals surface area contributed by atoms with Crippen LogP contribution in [-0.4, -0.2) is 28.6 Å². The van der Waals surface area contributed by atoms with Gasteiger partial charge in [0.2, 0.25) is 0 Å². The van der Waals surface area contributed by atoms with Crippen molar-refractivity contribution in [3.8, 4) is 0 Å². The molecule has 0 fully saturated rings. The second-order valence-electron chi connectivity index (χ2n) is 4.15. The Morgan fingerprint density at radius 3 is 2.50 bits per heavy atom. The van der Waals surface area contributed by atoms with Gasteiger partial charge in [0.05, 0.1) is 23.4 Å². The Balaban J connectivity index is 2.75. The molecule has 1 amide bonds. The molecule has 0 radical (unpaired) electrons. The zero-order valence-electron chi connectivity index (χ0n) is 10.1. The average molecular weight is 242 g/mol. The third-order valence-corrected chi connectivity index (χ3v) is 3.50. The molecule has 1 aromatic heterocycles. The molecular weight excluding hydrogens is 224 g/mol. The van der Waals surface area contributed by atoms with E-state index in [1.54, 1.807) is 0 Å². The van der Waals surface area contributed by atoms with E-state index in [4.69, 9.17) is 5.11 Å². The number of aliphatic hydroxyl groups is 1. The SMILES string of the molecule is Cc1nc(C)c(C(=O)N[C@H](CO)C(C)C)s1. The minimum Gasteiger partial charge on any atom is -0.394 e. The summed E-state index contributed by atoms with van der Waals surface area (Å²) in [7, 11) is 0. The number of nitrogens with zero attached hydrogens (tertiary/aromatic N) is 1. The van der Waals surface area contributed by atoms with Crippen LogP contribution in [-0.2, 0) is 0 Å². The van der Waals surface area contributed by atoms with Gasteiger partial charge in [0.25, 0.3) is 5.91 Å². The smallest absolute Gasteiger partial charge is 0.263 e. The van der Waals surface area contributed by atoms with Crippen LogP contribution < -0.4 is 5.32 Å². The molecule has 90 valence electrons. The van der Waals surface area contributed by atoms with E-state index in [9.17, 15) is 4.79 Å². The van der Waals surface area contributed by atoms with Crippen molar-refractivity contribution in [2.24, 2.45) is 5.92 Å². The van der Waals surface area contributed by atoms with Crippen LogP contribution in [0.25, 0.3) is 0 Å². The summed E-state index contributed by atoms with van der Waals surface area (Å²) in [5, 5.41) is 12.8. The summed E-state index contributed by atoms with van der Waals surface area (Å²) < 4.78 is 0. The maximum absolute atomic E-state index is 11.9. The molecule has 5 heteroatoms. The Bertz CT molecular complexity index is 374. The molecule has 0 aliphatic carbocycles. The minimum atomic E-state index is -0.200. The highest BCUT2D eigenvalue weighted by atomic mass is 32.1. The van der Waals surface area contributed by atoms with Gasteiger partial charge in [-0.2, -0.15) is 0 Å². The zero-order chi connectivity index (χ0) is 12.3. The van der Waals surface area contributed by atoms with Crippen LogP contribution in [0, 0.1) is 19.8 Å². The molecule has 2 N–H and O–H groups in total. The molecule has 0 aliphatic heterocycles. The summed E-state index contributed by atoms with van der Waals surface area (Å²) in [6, 6.07) is -0.200. The number of amides is 1. The number of aromatic nitrogens is 1. The first-order valence-electron chi connectivity index (χ1n) is 5.31. The fourth-order valence-corrected chi connectivity index (χ4v) is 2.22. The van der Waals surface area contributed by atoms with Crippen molar-refractivity contribution in [3.05, 3.63) is 15.6 Å². The molecule has 0 aliphatic rings. The molecular formula is C11H18N2O2S. The molecule has 0 saturated carbocycles. The van der Waals surface area contributed by atoms with E-state index in [0.29, 0.717) is 4.88 Å². The van der Waals surface area contributed by atoms with Crippen LogP contribution in [0.3, 0.4) is 0 Å². The molecule has 0 unspecified atom stereocenters. The molecule has 1 atom stereocenters. The number of carbonyl (C=O) groups is 1. The lowest BCUT2D eigenvalue weighted by molar-refractivity contribution is 0.0900. The Hall–Kier alpha value is -0.940. The van der Waals surface area contributed by atoms with Crippen molar-refractivity contribution in [3.63, 3.8) is 0 Å². The minimum absolute atomic E-state index is 0.0414. The van der Waals surface area contributed by atoms with Crippen LogP contribution >= 0.6 is 11.3 Å². The lowest BCUT2D eigenvalue weighted by Crippen LogP contribution is -2.41. The van der Waals surface area contributed by atoms with Crippen molar-refractivity contribution in [2.45, 2.75) is 33.7 Å². The van der Waals surface area contributed by atoms with Gasteiger partial charge in [-0.1, -0.05) is 13.8 Å². The van der Waals surface area contributed by atoms with E-state index in [-0.39, 0.29) is 24.5 Å². The predicted octanol–water partition coefficient (Wildman–Crippen LogP) is 1.51. The Morgan fingerprint density at radius 2 is 2.12 bits per heavy atom. The van der Waals surface area contributed by atoms with E-state index >= 15 is 0 Å². The van der Waals surface area contributed by atoms with Gasteiger partial charge in [-0.05, 0) is 19.8 Å². The second-order valence-corrected chi connectivity index (χ2v) is 5.36. The van der Waals surface area contributed by atoms with E-state index < -0.39 is 0 Å². The number of nitrogens with one attached hydrogen (secondary N) is 1. The molecule has 1 heterocycles. The summed E-state index contributed by atoms with van der Waals surface area (Å²) in [5.74, 6) is 0.0686. The van der Waals surface area contributed by atoms with Crippen LogP contribution in [0.2, 0.25) is 0 Å². The maximum Gasteiger partial charge on any atom is 0.263 e. The fourth-order valence-electron chi connectivity index (χ4n) is 1.40. The highest BCUT2D eigenvalue weighted by Gasteiger charge is 2.19. The van der Waals surface area contributed by atoms with Crippen LogP contribution in [0.5, 0.6) is 0 Å². The third kappa shape index (κ3) is 3.02. The molecule has 1 rings (SSSR count). The normalized spacial score (nSPS) is 12.9. The van der Waals surface area contributed by atoms with E-state index in [1.807, 2.05) is 27.7 Å². The second kappa shape index (κ2) is 5.41. The third-order valence-electron chi connectivity index (χ3n) is 2.43. The topological polar surface area (TPSA) is 62.2 Å². The van der Waals surface area contributed by atoms with Gasteiger partial charge < -0.3 is 10.4 Å². The van der Waals surface area contributed by atoms with E-state index in [2.05, 4.69) is 10.3 Å². The standard InChI is InChI=1S/C11H18N2O2S/c1-6(2)9(5-14)13-11(15)10-7(3)12-8(4)16-10/h6,9,14H,5H2,1-4H3,(H,13,15)/t9-/m1/s1. The summed E-state index contributed by atoms with van der Waals surface area (Å²) in [5.41, 5.74) is 0.750. The van der Waals surface area contributed by atoms with Crippen molar-refractivity contribution in [2.75, 3.05) is 6.61 Å². The number of hydrogen-bond donors (Lipinski definition) is 2. The zero-order valence-corrected chi connectivity index (χ0v) is 10.9. The summed E-state index contributed by atoms with van der Waals surface area (Å²) in [6.07, 6.45) is 0. The largest absolute Gasteiger partial charge is 0.394 e. The van der Waals surface area contributed by atoms with Crippen LogP contribution in [0.15, 0.2) is 0 Å². The van der Waals surface area contributed by atoms with Crippen molar-refractivity contribution < 1.29 is 9.90 Å². The van der Waals surface area contributed by atoms with Gasteiger partial charge in [0.15, 0.2) is 0 Å². The Kier molecular flexibility index (Phi) is 4.44. The monoisotopic (exact) mass is 242 g/mol. The molecule has 1 aromatic rings. The number of hydrogen-bond acceptors (Lipinski definition) is 4. The summed E-state index contributed by atoms with van der Waals surface area (Å²) in [4.78, 5) is 16.7. The summed E-state index contributed by atoms with van der Waals surface area (Å²) >= 11 is 1.38. The average Bonchev–Trinajstić information content (AvgIpc) is 2.53. The van der Waals surface area contributed by atoms with Gasteiger partial charge in [0.1, 0.15) is 4.88 Å². The molecule has 16 heavy (non-hydrogen) atoms.